The monoisotopic (exact) mass is 591 g/mol. The van der Waals surface area contributed by atoms with Gasteiger partial charge < -0.3 is 26.6 Å². The van der Waals surface area contributed by atoms with Crippen molar-refractivity contribution in [3.8, 4) is 0 Å². The Bertz CT molecular complexity index is 1440. The summed E-state index contributed by atoms with van der Waals surface area (Å²) in [4.78, 5) is 42.7. The molecule has 0 bridgehead atoms. The third kappa shape index (κ3) is 9.28. The number of nitrogens with zero attached hydrogens (tertiary/aromatic N) is 2. The number of carbonyl (C=O) groups excluding carboxylic acids is 3. The molecule has 0 aliphatic carbocycles. The van der Waals surface area contributed by atoms with Gasteiger partial charge in [0, 0.05) is 19.6 Å². The molecule has 228 valence electrons. The van der Waals surface area contributed by atoms with Crippen molar-refractivity contribution in [1.29, 1.82) is 0 Å². The first kappa shape index (κ1) is 32.0. The highest BCUT2D eigenvalue weighted by Crippen LogP contribution is 2.29. The van der Waals surface area contributed by atoms with Crippen molar-refractivity contribution in [2.24, 2.45) is 11.5 Å². The van der Waals surface area contributed by atoms with E-state index in [-0.39, 0.29) is 12.5 Å². The van der Waals surface area contributed by atoms with Crippen LogP contribution in [-0.4, -0.2) is 47.3 Å². The molecule has 4 aromatic rings. The van der Waals surface area contributed by atoms with Crippen LogP contribution in [0, 0.1) is 0 Å². The first-order valence-electron chi connectivity index (χ1n) is 14.8. The van der Waals surface area contributed by atoms with Crippen molar-refractivity contribution in [3.05, 3.63) is 143 Å². The average molecular weight is 592 g/mol. The molecule has 0 aromatic heterocycles. The number of nitrogens with two attached hydrogens (primary N) is 2. The largest absolute Gasteiger partial charge is 0.368 e. The zero-order valence-corrected chi connectivity index (χ0v) is 25.1. The summed E-state index contributed by atoms with van der Waals surface area (Å²) in [5, 5.41) is 2.58. The van der Waals surface area contributed by atoms with E-state index in [9.17, 15) is 14.4 Å². The van der Waals surface area contributed by atoms with Gasteiger partial charge in [-0.05, 0) is 54.3 Å². The van der Waals surface area contributed by atoms with Crippen LogP contribution in [0.5, 0.6) is 0 Å². The Balaban J connectivity index is 1.61. The third-order valence-corrected chi connectivity index (χ3v) is 7.66. The lowest BCUT2D eigenvalue weighted by atomic mass is 9.89. The van der Waals surface area contributed by atoms with Crippen LogP contribution in [0.15, 0.2) is 115 Å². The molecule has 0 fully saturated rings. The second-order valence-corrected chi connectivity index (χ2v) is 11.0. The van der Waals surface area contributed by atoms with E-state index in [0.29, 0.717) is 19.4 Å². The molecule has 1 atom stereocenters. The van der Waals surface area contributed by atoms with Crippen molar-refractivity contribution in [3.63, 3.8) is 0 Å². The van der Waals surface area contributed by atoms with E-state index in [1.165, 1.54) is 5.56 Å². The van der Waals surface area contributed by atoms with E-state index >= 15 is 0 Å². The fraction of sp³-hybridized carbons (Fsp3) is 0.250. The molecule has 0 radical (unpaired) electrons. The van der Waals surface area contributed by atoms with Crippen LogP contribution in [0.3, 0.4) is 0 Å². The van der Waals surface area contributed by atoms with Gasteiger partial charge in [-0.25, -0.2) is 4.79 Å². The van der Waals surface area contributed by atoms with Gasteiger partial charge in [-0.1, -0.05) is 115 Å². The number of rotatable bonds is 15. The van der Waals surface area contributed by atoms with E-state index in [1.807, 2.05) is 110 Å². The highest BCUT2D eigenvalue weighted by molar-refractivity contribution is 5.92. The smallest absolute Gasteiger partial charge is 0.312 e. The van der Waals surface area contributed by atoms with Crippen molar-refractivity contribution in [2.75, 3.05) is 13.6 Å². The minimum absolute atomic E-state index is 0.191. The minimum Gasteiger partial charge on any atom is -0.368 e. The van der Waals surface area contributed by atoms with Gasteiger partial charge in [0.25, 0.3) is 0 Å². The molecule has 0 aliphatic heterocycles. The number of carbonyl (C=O) groups is 3. The zero-order valence-electron chi connectivity index (χ0n) is 25.1. The summed E-state index contributed by atoms with van der Waals surface area (Å²) >= 11 is 0. The molecule has 4 amide bonds. The Morgan fingerprint density at radius 3 is 1.70 bits per heavy atom. The molecule has 0 unspecified atom stereocenters. The standard InChI is InChI=1S/C36H41N5O3/c1-40(25-28-12-5-2-6-13-28)23-11-18-32(34(37)42)41(26-29-21-19-27(20-22-29)24-39-36(38)44)35(43)33(30-14-7-3-8-15-30)31-16-9-4-10-17-31/h2-10,12-17,19-22,32-33H,11,18,23-26H2,1H3,(H2,37,42)(H3,38,39,44)/t32-/m1/s1. The second-order valence-electron chi connectivity index (χ2n) is 11.0. The lowest BCUT2D eigenvalue weighted by molar-refractivity contribution is -0.141. The van der Waals surface area contributed by atoms with Gasteiger partial charge in [-0.2, -0.15) is 0 Å². The zero-order chi connectivity index (χ0) is 31.3. The summed E-state index contributed by atoms with van der Waals surface area (Å²) in [6.07, 6.45) is 1.11. The van der Waals surface area contributed by atoms with Gasteiger partial charge in [0.05, 0.1) is 5.92 Å². The normalized spacial score (nSPS) is 11.7. The van der Waals surface area contributed by atoms with Crippen LogP contribution in [0.2, 0.25) is 0 Å². The molecular weight excluding hydrogens is 550 g/mol. The van der Waals surface area contributed by atoms with Crippen LogP contribution in [0.4, 0.5) is 4.79 Å². The summed E-state index contributed by atoms with van der Waals surface area (Å²) in [6, 6.07) is 35.6. The molecule has 5 N–H and O–H groups in total. The van der Waals surface area contributed by atoms with Crippen molar-refractivity contribution < 1.29 is 14.4 Å². The molecule has 4 aromatic carbocycles. The second kappa shape index (κ2) is 16.0. The highest BCUT2D eigenvalue weighted by atomic mass is 16.2. The highest BCUT2D eigenvalue weighted by Gasteiger charge is 2.34. The molecule has 8 nitrogen and oxygen atoms in total. The molecule has 8 heteroatoms. The van der Waals surface area contributed by atoms with Crippen LogP contribution >= 0.6 is 0 Å². The first-order valence-corrected chi connectivity index (χ1v) is 14.8. The molecule has 0 aliphatic rings. The van der Waals surface area contributed by atoms with Crippen LogP contribution in [0.1, 0.15) is 46.6 Å². The van der Waals surface area contributed by atoms with Gasteiger partial charge in [-0.3, -0.25) is 9.59 Å². The van der Waals surface area contributed by atoms with Crippen molar-refractivity contribution >= 4 is 17.8 Å². The van der Waals surface area contributed by atoms with Gasteiger partial charge in [0.15, 0.2) is 0 Å². The van der Waals surface area contributed by atoms with Gasteiger partial charge in [0.1, 0.15) is 6.04 Å². The van der Waals surface area contributed by atoms with E-state index in [2.05, 4.69) is 22.3 Å². The molecule has 0 saturated carbocycles. The fourth-order valence-electron chi connectivity index (χ4n) is 5.40. The van der Waals surface area contributed by atoms with Gasteiger partial charge in [-0.15, -0.1) is 0 Å². The molecule has 4 rings (SSSR count). The van der Waals surface area contributed by atoms with Gasteiger partial charge >= 0.3 is 6.03 Å². The fourth-order valence-corrected chi connectivity index (χ4v) is 5.40. The third-order valence-electron chi connectivity index (χ3n) is 7.66. The topological polar surface area (TPSA) is 122 Å². The summed E-state index contributed by atoms with van der Waals surface area (Å²) < 4.78 is 0. The maximum Gasteiger partial charge on any atom is 0.312 e. The summed E-state index contributed by atoms with van der Waals surface area (Å²) in [5.41, 5.74) is 15.8. The summed E-state index contributed by atoms with van der Waals surface area (Å²) in [5.74, 6) is -1.34. The Kier molecular flexibility index (Phi) is 11.7. The minimum atomic E-state index is -0.807. The van der Waals surface area contributed by atoms with Crippen LogP contribution in [-0.2, 0) is 29.2 Å². The molecule has 0 spiro atoms. The molecular formula is C36H41N5O3. The maximum atomic E-state index is 14.6. The summed E-state index contributed by atoms with van der Waals surface area (Å²) in [7, 11) is 2.05. The van der Waals surface area contributed by atoms with Crippen molar-refractivity contribution in [1.82, 2.24) is 15.1 Å². The number of benzene rings is 4. The number of primary amides is 2. The Labute approximate surface area is 259 Å². The SMILES string of the molecule is CN(CCC[C@H](C(N)=O)N(Cc1ccc(CNC(N)=O)cc1)C(=O)C(c1ccccc1)c1ccccc1)Cc1ccccc1. The van der Waals surface area contributed by atoms with Gasteiger partial charge in [0.2, 0.25) is 11.8 Å². The lowest BCUT2D eigenvalue weighted by Gasteiger charge is -2.34. The van der Waals surface area contributed by atoms with Crippen LogP contribution < -0.4 is 16.8 Å². The Morgan fingerprint density at radius 1 is 0.682 bits per heavy atom. The van der Waals surface area contributed by atoms with E-state index < -0.39 is 23.9 Å². The number of hydrogen-bond acceptors (Lipinski definition) is 4. The molecule has 0 heterocycles. The maximum absolute atomic E-state index is 14.6. The number of urea groups is 1. The average Bonchev–Trinajstić information content (AvgIpc) is 3.03. The first-order chi connectivity index (χ1) is 21.3. The number of nitrogens with one attached hydrogen (secondary N) is 1. The quantitative estimate of drug-likeness (QED) is 0.184. The molecule has 0 saturated heterocycles. The van der Waals surface area contributed by atoms with Crippen LogP contribution in [0.25, 0.3) is 0 Å². The predicted molar refractivity (Wildman–Crippen MR) is 173 cm³/mol. The predicted octanol–water partition coefficient (Wildman–Crippen LogP) is 4.78. The number of amides is 4. The Morgan fingerprint density at radius 2 is 1.18 bits per heavy atom. The Hall–Kier alpha value is -4.95. The van der Waals surface area contributed by atoms with E-state index in [1.54, 1.807) is 4.90 Å². The lowest BCUT2D eigenvalue weighted by Crippen LogP contribution is -2.49. The summed E-state index contributed by atoms with van der Waals surface area (Å²) in [6.45, 7) is 2.02. The molecule has 44 heavy (non-hydrogen) atoms. The van der Waals surface area contributed by atoms with Crippen molar-refractivity contribution in [2.45, 2.75) is 44.4 Å². The van der Waals surface area contributed by atoms with E-state index in [4.69, 9.17) is 11.5 Å². The number of hydrogen-bond donors (Lipinski definition) is 3. The van der Waals surface area contributed by atoms with E-state index in [0.717, 1.165) is 35.3 Å².